The third kappa shape index (κ3) is 2.11. The SMILES string of the molecule is Cc1cnc(CNC(C)C23CC4CC(CC(C4)C2)C3)o1. The molecule has 1 heterocycles. The zero-order chi connectivity index (χ0) is 13.7. The van der Waals surface area contributed by atoms with Crippen LogP contribution in [0.3, 0.4) is 0 Å². The molecule has 4 bridgehead atoms. The first-order valence-corrected chi connectivity index (χ1v) is 8.28. The van der Waals surface area contributed by atoms with E-state index in [1.165, 1.54) is 38.5 Å². The number of nitrogens with zero attached hydrogens (tertiary/aromatic N) is 1. The molecule has 1 N–H and O–H groups in total. The van der Waals surface area contributed by atoms with E-state index in [-0.39, 0.29) is 0 Å². The lowest BCUT2D eigenvalue weighted by Gasteiger charge is -2.59. The van der Waals surface area contributed by atoms with Gasteiger partial charge in [-0.05, 0) is 75.5 Å². The van der Waals surface area contributed by atoms with Crippen molar-refractivity contribution in [1.29, 1.82) is 0 Å². The van der Waals surface area contributed by atoms with Crippen LogP contribution in [0.2, 0.25) is 0 Å². The summed E-state index contributed by atoms with van der Waals surface area (Å²) in [5.74, 6) is 4.81. The number of aromatic nitrogens is 1. The zero-order valence-corrected chi connectivity index (χ0v) is 12.7. The molecule has 4 aliphatic carbocycles. The van der Waals surface area contributed by atoms with Crippen molar-refractivity contribution in [2.45, 2.75) is 65.0 Å². The molecule has 20 heavy (non-hydrogen) atoms. The summed E-state index contributed by atoms with van der Waals surface area (Å²) in [6, 6.07) is 0.586. The van der Waals surface area contributed by atoms with Gasteiger partial charge >= 0.3 is 0 Å². The Balaban J connectivity index is 1.44. The van der Waals surface area contributed by atoms with Gasteiger partial charge in [-0.25, -0.2) is 4.98 Å². The highest BCUT2D eigenvalue weighted by molar-refractivity contribution is 5.05. The molecule has 3 nitrogen and oxygen atoms in total. The van der Waals surface area contributed by atoms with E-state index in [9.17, 15) is 0 Å². The topological polar surface area (TPSA) is 38.1 Å². The fourth-order valence-electron chi connectivity index (χ4n) is 5.65. The Labute approximate surface area is 121 Å². The summed E-state index contributed by atoms with van der Waals surface area (Å²) in [6.45, 7) is 5.12. The zero-order valence-electron chi connectivity index (χ0n) is 12.7. The second-order valence-electron chi connectivity index (χ2n) is 7.75. The lowest BCUT2D eigenvalue weighted by atomic mass is 9.48. The second-order valence-corrected chi connectivity index (χ2v) is 7.75. The van der Waals surface area contributed by atoms with E-state index in [2.05, 4.69) is 17.2 Å². The van der Waals surface area contributed by atoms with Crippen LogP contribution in [0.1, 0.15) is 57.1 Å². The van der Waals surface area contributed by atoms with Crippen molar-refractivity contribution in [3.05, 3.63) is 17.8 Å². The lowest BCUT2D eigenvalue weighted by molar-refractivity contribution is -0.0709. The van der Waals surface area contributed by atoms with E-state index in [4.69, 9.17) is 4.42 Å². The van der Waals surface area contributed by atoms with Gasteiger partial charge in [0.15, 0.2) is 0 Å². The van der Waals surface area contributed by atoms with Gasteiger partial charge in [-0.1, -0.05) is 0 Å². The van der Waals surface area contributed by atoms with E-state index < -0.39 is 0 Å². The summed E-state index contributed by atoms with van der Waals surface area (Å²) >= 11 is 0. The van der Waals surface area contributed by atoms with Gasteiger partial charge < -0.3 is 9.73 Å². The molecule has 4 fully saturated rings. The number of nitrogens with one attached hydrogen (secondary N) is 1. The highest BCUT2D eigenvalue weighted by Gasteiger charge is 2.52. The summed E-state index contributed by atoms with van der Waals surface area (Å²) in [4.78, 5) is 4.30. The third-order valence-corrected chi connectivity index (χ3v) is 6.23. The van der Waals surface area contributed by atoms with Crippen molar-refractivity contribution in [2.75, 3.05) is 0 Å². The van der Waals surface area contributed by atoms with Gasteiger partial charge in [0, 0.05) is 6.04 Å². The summed E-state index contributed by atoms with van der Waals surface area (Å²) in [7, 11) is 0. The van der Waals surface area contributed by atoms with Crippen LogP contribution in [-0.4, -0.2) is 11.0 Å². The molecule has 5 rings (SSSR count). The summed E-state index contributed by atoms with van der Waals surface area (Å²) in [6.07, 6.45) is 10.7. The normalized spacial score (nSPS) is 40.2. The average molecular weight is 274 g/mol. The molecule has 1 atom stereocenters. The predicted octanol–water partition coefficient (Wildman–Crippen LogP) is 3.68. The van der Waals surface area contributed by atoms with Crippen molar-refractivity contribution in [1.82, 2.24) is 10.3 Å². The van der Waals surface area contributed by atoms with E-state index in [0.29, 0.717) is 11.5 Å². The molecule has 0 saturated heterocycles. The first-order valence-electron chi connectivity index (χ1n) is 8.28. The van der Waals surface area contributed by atoms with Crippen molar-refractivity contribution < 1.29 is 4.42 Å². The molecule has 0 radical (unpaired) electrons. The molecular formula is C17H26N2O. The molecule has 1 aromatic heterocycles. The molecule has 1 unspecified atom stereocenters. The number of rotatable bonds is 4. The molecular weight excluding hydrogens is 248 g/mol. The Bertz CT molecular complexity index is 458. The van der Waals surface area contributed by atoms with Gasteiger partial charge in [0.1, 0.15) is 5.76 Å². The van der Waals surface area contributed by atoms with Gasteiger partial charge in [0.2, 0.25) is 5.89 Å². The molecule has 0 amide bonds. The van der Waals surface area contributed by atoms with Crippen LogP contribution in [0.5, 0.6) is 0 Å². The molecule has 0 aromatic carbocycles. The van der Waals surface area contributed by atoms with E-state index >= 15 is 0 Å². The molecule has 1 aromatic rings. The van der Waals surface area contributed by atoms with Gasteiger partial charge in [-0.15, -0.1) is 0 Å². The van der Waals surface area contributed by atoms with Gasteiger partial charge in [-0.3, -0.25) is 0 Å². The van der Waals surface area contributed by atoms with Gasteiger partial charge in [-0.2, -0.15) is 0 Å². The van der Waals surface area contributed by atoms with Crippen molar-refractivity contribution in [3.8, 4) is 0 Å². The van der Waals surface area contributed by atoms with Crippen LogP contribution in [0.25, 0.3) is 0 Å². The average Bonchev–Trinajstić information content (AvgIpc) is 2.80. The monoisotopic (exact) mass is 274 g/mol. The fraction of sp³-hybridized carbons (Fsp3) is 0.824. The second kappa shape index (κ2) is 4.59. The predicted molar refractivity (Wildman–Crippen MR) is 78.1 cm³/mol. The fourth-order valence-corrected chi connectivity index (χ4v) is 5.65. The highest BCUT2D eigenvalue weighted by Crippen LogP contribution is 2.61. The Hall–Kier alpha value is -0.830. The maximum Gasteiger partial charge on any atom is 0.208 e. The highest BCUT2D eigenvalue weighted by atomic mass is 16.4. The van der Waals surface area contributed by atoms with E-state index in [0.717, 1.165) is 35.9 Å². The largest absolute Gasteiger partial charge is 0.445 e. The van der Waals surface area contributed by atoms with Crippen molar-refractivity contribution >= 4 is 0 Å². The summed E-state index contributed by atoms with van der Waals surface area (Å²) < 4.78 is 5.58. The minimum atomic E-state index is 0.566. The third-order valence-electron chi connectivity index (χ3n) is 6.23. The minimum Gasteiger partial charge on any atom is -0.445 e. The molecule has 110 valence electrons. The molecule has 0 aliphatic heterocycles. The van der Waals surface area contributed by atoms with Crippen LogP contribution in [0, 0.1) is 30.1 Å². The Morgan fingerprint density at radius 1 is 1.25 bits per heavy atom. The van der Waals surface area contributed by atoms with Crippen molar-refractivity contribution in [3.63, 3.8) is 0 Å². The molecule has 0 spiro atoms. The Morgan fingerprint density at radius 2 is 1.85 bits per heavy atom. The quantitative estimate of drug-likeness (QED) is 0.910. The maximum atomic E-state index is 5.58. The van der Waals surface area contributed by atoms with Crippen LogP contribution in [0.4, 0.5) is 0 Å². The molecule has 4 saturated carbocycles. The minimum absolute atomic E-state index is 0.566. The number of hydrogen-bond donors (Lipinski definition) is 1. The smallest absolute Gasteiger partial charge is 0.208 e. The van der Waals surface area contributed by atoms with Crippen LogP contribution >= 0.6 is 0 Å². The maximum absolute atomic E-state index is 5.58. The first-order chi connectivity index (χ1) is 9.63. The first kappa shape index (κ1) is 12.9. The van der Waals surface area contributed by atoms with Crippen LogP contribution in [-0.2, 0) is 6.54 Å². The van der Waals surface area contributed by atoms with E-state index in [1.54, 1.807) is 0 Å². The lowest BCUT2D eigenvalue weighted by Crippen LogP contribution is -2.54. The molecule has 4 aliphatic rings. The van der Waals surface area contributed by atoms with Crippen LogP contribution < -0.4 is 5.32 Å². The summed E-state index contributed by atoms with van der Waals surface area (Å²) in [5, 5.41) is 3.71. The number of aryl methyl sites for hydroxylation is 1. The van der Waals surface area contributed by atoms with E-state index in [1.807, 2.05) is 13.1 Å². The summed E-state index contributed by atoms with van der Waals surface area (Å²) in [5.41, 5.74) is 0.566. The van der Waals surface area contributed by atoms with Gasteiger partial charge in [0.25, 0.3) is 0 Å². The standard InChI is InChI=1S/C17H26N2O/c1-11-9-19-16(20-11)10-18-12(2)17-6-13-3-14(7-17)5-15(4-13)8-17/h9,12-15,18H,3-8,10H2,1-2H3. The molecule has 3 heteroatoms. The Morgan fingerprint density at radius 3 is 2.35 bits per heavy atom. The number of oxazole rings is 1. The Kier molecular flexibility index (Phi) is 2.95. The van der Waals surface area contributed by atoms with Gasteiger partial charge in [0.05, 0.1) is 12.7 Å². The number of hydrogen-bond acceptors (Lipinski definition) is 3. The van der Waals surface area contributed by atoms with Crippen molar-refractivity contribution in [2.24, 2.45) is 23.2 Å². The van der Waals surface area contributed by atoms with Crippen LogP contribution in [0.15, 0.2) is 10.6 Å².